The van der Waals surface area contributed by atoms with E-state index in [1.54, 1.807) is 28.6 Å². The molecule has 0 aliphatic carbocycles. The summed E-state index contributed by atoms with van der Waals surface area (Å²) in [4.78, 5) is 12.3. The first-order chi connectivity index (χ1) is 13.4. The fourth-order valence-electron chi connectivity index (χ4n) is 3.57. The second-order valence-electron chi connectivity index (χ2n) is 7.14. The Labute approximate surface area is 166 Å². The Morgan fingerprint density at radius 1 is 1.04 bits per heavy atom. The van der Waals surface area contributed by atoms with E-state index in [1.165, 1.54) is 12.1 Å². The van der Waals surface area contributed by atoms with E-state index in [1.807, 2.05) is 32.0 Å². The predicted molar refractivity (Wildman–Crippen MR) is 109 cm³/mol. The van der Waals surface area contributed by atoms with Crippen molar-refractivity contribution in [1.82, 2.24) is 4.31 Å². The van der Waals surface area contributed by atoms with Gasteiger partial charge in [0.25, 0.3) is 5.91 Å². The Kier molecular flexibility index (Phi) is 6.36. The van der Waals surface area contributed by atoms with Gasteiger partial charge in [0, 0.05) is 17.8 Å². The summed E-state index contributed by atoms with van der Waals surface area (Å²) in [6, 6.07) is 15.3. The van der Waals surface area contributed by atoms with Crippen LogP contribution in [0.5, 0.6) is 5.75 Å². The van der Waals surface area contributed by atoms with Gasteiger partial charge >= 0.3 is 0 Å². The molecule has 0 aromatic heterocycles. The van der Waals surface area contributed by atoms with Crippen molar-refractivity contribution in [3.8, 4) is 5.75 Å². The van der Waals surface area contributed by atoms with Crippen LogP contribution < -0.4 is 10.1 Å². The highest BCUT2D eigenvalue weighted by Gasteiger charge is 2.35. The highest BCUT2D eigenvalue weighted by Crippen LogP contribution is 2.29. The molecular formula is C21H26N2O4S. The lowest BCUT2D eigenvalue weighted by Crippen LogP contribution is -2.47. The molecule has 1 saturated heterocycles. The summed E-state index contributed by atoms with van der Waals surface area (Å²) in [7, 11) is -3.56. The van der Waals surface area contributed by atoms with Gasteiger partial charge < -0.3 is 10.1 Å². The molecule has 1 heterocycles. The number of sulfonamides is 1. The van der Waals surface area contributed by atoms with Gasteiger partial charge in [-0.25, -0.2) is 8.42 Å². The minimum atomic E-state index is -3.56. The van der Waals surface area contributed by atoms with Crippen LogP contribution in [0.2, 0.25) is 0 Å². The highest BCUT2D eigenvalue weighted by atomic mass is 32.2. The zero-order valence-electron chi connectivity index (χ0n) is 16.2. The number of amides is 1. The summed E-state index contributed by atoms with van der Waals surface area (Å²) in [6.07, 6.45) is 2.79. The SMILES string of the molecule is C[C@@H]1CCC[C@H](C)N1S(=O)(=O)c1ccc(NC(=O)COc2ccccc2)cc1. The maximum absolute atomic E-state index is 13.0. The zero-order chi connectivity index (χ0) is 20.1. The van der Waals surface area contributed by atoms with Gasteiger partial charge in [0.15, 0.2) is 6.61 Å². The number of benzene rings is 2. The van der Waals surface area contributed by atoms with E-state index in [-0.39, 0.29) is 29.5 Å². The molecule has 0 saturated carbocycles. The van der Waals surface area contributed by atoms with E-state index in [4.69, 9.17) is 4.74 Å². The third-order valence-electron chi connectivity index (χ3n) is 4.94. The van der Waals surface area contributed by atoms with Crippen molar-refractivity contribution < 1.29 is 17.9 Å². The minimum Gasteiger partial charge on any atom is -0.484 e. The van der Waals surface area contributed by atoms with Crippen molar-refractivity contribution in [2.75, 3.05) is 11.9 Å². The van der Waals surface area contributed by atoms with Crippen LogP contribution in [-0.4, -0.2) is 37.3 Å². The van der Waals surface area contributed by atoms with Crippen LogP contribution in [-0.2, 0) is 14.8 Å². The summed E-state index contributed by atoms with van der Waals surface area (Å²) in [5, 5.41) is 2.72. The summed E-state index contributed by atoms with van der Waals surface area (Å²) in [6.45, 7) is 3.79. The molecular weight excluding hydrogens is 376 g/mol. The Morgan fingerprint density at radius 3 is 2.25 bits per heavy atom. The Balaban J connectivity index is 1.63. The average Bonchev–Trinajstić information content (AvgIpc) is 2.67. The number of piperidine rings is 1. The summed E-state index contributed by atoms with van der Waals surface area (Å²) >= 11 is 0. The number of nitrogens with one attached hydrogen (secondary N) is 1. The maximum atomic E-state index is 13.0. The molecule has 1 aliphatic heterocycles. The third-order valence-corrected chi connectivity index (χ3v) is 7.08. The maximum Gasteiger partial charge on any atom is 0.262 e. The Morgan fingerprint density at radius 2 is 1.64 bits per heavy atom. The molecule has 7 heteroatoms. The Bertz CT molecular complexity index is 888. The summed E-state index contributed by atoms with van der Waals surface area (Å²) in [5.41, 5.74) is 0.528. The number of rotatable bonds is 6. The molecule has 1 N–H and O–H groups in total. The van der Waals surface area contributed by atoms with E-state index in [9.17, 15) is 13.2 Å². The van der Waals surface area contributed by atoms with Crippen LogP contribution in [0, 0.1) is 0 Å². The van der Waals surface area contributed by atoms with Gasteiger partial charge in [-0.15, -0.1) is 0 Å². The average molecular weight is 403 g/mol. The molecule has 0 spiro atoms. The number of para-hydroxylation sites is 1. The molecule has 1 aliphatic rings. The van der Waals surface area contributed by atoms with Gasteiger partial charge in [0.2, 0.25) is 10.0 Å². The topological polar surface area (TPSA) is 75.7 Å². The molecule has 0 unspecified atom stereocenters. The van der Waals surface area contributed by atoms with E-state index < -0.39 is 10.0 Å². The number of hydrogen-bond acceptors (Lipinski definition) is 4. The molecule has 2 atom stereocenters. The quantitative estimate of drug-likeness (QED) is 0.800. The smallest absolute Gasteiger partial charge is 0.262 e. The standard InChI is InChI=1S/C21H26N2O4S/c1-16-7-6-8-17(2)23(16)28(25,26)20-13-11-18(12-14-20)22-21(24)15-27-19-9-4-3-5-10-19/h3-5,9-14,16-17H,6-8,15H2,1-2H3,(H,22,24)/t16-,17+. The van der Waals surface area contributed by atoms with Crippen molar-refractivity contribution >= 4 is 21.6 Å². The molecule has 1 amide bonds. The van der Waals surface area contributed by atoms with Gasteiger partial charge in [-0.05, 0) is 63.1 Å². The lowest BCUT2D eigenvalue weighted by Gasteiger charge is -2.37. The van der Waals surface area contributed by atoms with Crippen LogP contribution in [0.15, 0.2) is 59.5 Å². The zero-order valence-corrected chi connectivity index (χ0v) is 17.0. The molecule has 2 aromatic rings. The number of nitrogens with zero attached hydrogens (tertiary/aromatic N) is 1. The van der Waals surface area contributed by atoms with Crippen molar-refractivity contribution in [2.45, 2.75) is 50.1 Å². The first-order valence-corrected chi connectivity index (χ1v) is 10.9. The van der Waals surface area contributed by atoms with Crippen LogP contribution in [0.3, 0.4) is 0 Å². The monoisotopic (exact) mass is 402 g/mol. The van der Waals surface area contributed by atoms with Gasteiger partial charge in [-0.3, -0.25) is 4.79 Å². The van der Waals surface area contributed by atoms with Gasteiger partial charge in [0.05, 0.1) is 4.90 Å². The summed E-state index contributed by atoms with van der Waals surface area (Å²) < 4.78 is 33.1. The largest absolute Gasteiger partial charge is 0.484 e. The first kappa shape index (κ1) is 20.4. The fourth-order valence-corrected chi connectivity index (χ4v) is 5.45. The van der Waals surface area contributed by atoms with Crippen LogP contribution in [0.4, 0.5) is 5.69 Å². The molecule has 28 heavy (non-hydrogen) atoms. The van der Waals surface area contributed by atoms with Gasteiger partial charge in [0.1, 0.15) is 5.75 Å². The fraction of sp³-hybridized carbons (Fsp3) is 0.381. The van der Waals surface area contributed by atoms with Crippen molar-refractivity contribution in [1.29, 1.82) is 0 Å². The van der Waals surface area contributed by atoms with Crippen LogP contribution in [0.1, 0.15) is 33.1 Å². The highest BCUT2D eigenvalue weighted by molar-refractivity contribution is 7.89. The van der Waals surface area contributed by atoms with Crippen LogP contribution in [0.25, 0.3) is 0 Å². The lowest BCUT2D eigenvalue weighted by atomic mass is 10.0. The third kappa shape index (κ3) is 4.72. The lowest BCUT2D eigenvalue weighted by molar-refractivity contribution is -0.118. The molecule has 0 bridgehead atoms. The van der Waals surface area contributed by atoms with Gasteiger partial charge in [-0.2, -0.15) is 4.31 Å². The number of hydrogen-bond donors (Lipinski definition) is 1. The Hall–Kier alpha value is -2.38. The molecule has 1 fully saturated rings. The molecule has 6 nitrogen and oxygen atoms in total. The van der Waals surface area contributed by atoms with E-state index in [2.05, 4.69) is 5.32 Å². The molecule has 150 valence electrons. The molecule has 0 radical (unpaired) electrons. The molecule has 2 aromatic carbocycles. The molecule has 3 rings (SSSR count). The van der Waals surface area contributed by atoms with Gasteiger partial charge in [-0.1, -0.05) is 24.6 Å². The van der Waals surface area contributed by atoms with E-state index in [0.717, 1.165) is 19.3 Å². The van der Waals surface area contributed by atoms with Crippen molar-refractivity contribution in [2.24, 2.45) is 0 Å². The van der Waals surface area contributed by atoms with Crippen LogP contribution >= 0.6 is 0 Å². The minimum absolute atomic E-state index is 0.0109. The van der Waals surface area contributed by atoms with Crippen molar-refractivity contribution in [3.05, 3.63) is 54.6 Å². The number of anilines is 1. The predicted octanol–water partition coefficient (Wildman–Crippen LogP) is 3.66. The van der Waals surface area contributed by atoms with Crippen molar-refractivity contribution in [3.63, 3.8) is 0 Å². The van der Waals surface area contributed by atoms with E-state index >= 15 is 0 Å². The summed E-state index contributed by atoms with van der Waals surface area (Å²) in [5.74, 6) is 0.307. The first-order valence-electron chi connectivity index (χ1n) is 9.49. The second kappa shape index (κ2) is 8.75. The number of ether oxygens (including phenoxy) is 1. The van der Waals surface area contributed by atoms with E-state index in [0.29, 0.717) is 11.4 Å². The normalized spacial score (nSPS) is 20.5. The number of carbonyl (C=O) groups excluding carboxylic acids is 1. The second-order valence-corrected chi connectivity index (χ2v) is 8.98. The number of carbonyl (C=O) groups is 1.